The molecule has 0 unspecified atom stereocenters. The van der Waals surface area contributed by atoms with Crippen LogP contribution >= 0.6 is 34.8 Å². The van der Waals surface area contributed by atoms with E-state index in [4.69, 9.17) is 91.6 Å². The van der Waals surface area contributed by atoms with Crippen molar-refractivity contribution in [2.75, 3.05) is 135 Å². The first-order chi connectivity index (χ1) is 69.2. The maximum atomic E-state index is 13.5. The van der Waals surface area contributed by atoms with Gasteiger partial charge in [-0.25, -0.2) is 39.4 Å². The molecule has 9 aliphatic heterocycles. The lowest BCUT2D eigenvalue weighted by Gasteiger charge is -2.48. The number of nitrogens with one attached hydrogen (secondary N) is 3. The summed E-state index contributed by atoms with van der Waals surface area (Å²) in [6.45, 7) is 20.1. The quantitative estimate of drug-likeness (QED) is 0.139. The molecule has 3 saturated heterocycles. The molecule has 27 nitrogen and oxygen atoms in total. The number of carbonyl (C=O) groups is 3. The molecule has 6 fully saturated rings. The van der Waals surface area contributed by atoms with Gasteiger partial charge in [0.25, 0.3) is 17.7 Å². The highest BCUT2D eigenvalue weighted by Crippen LogP contribution is 2.56. The second-order valence-electron chi connectivity index (χ2n) is 44.8. The molecule has 3 spiro atoms. The maximum absolute atomic E-state index is 13.5. The zero-order valence-corrected chi connectivity index (χ0v) is 89.6. The van der Waals surface area contributed by atoms with Crippen LogP contribution in [0.2, 0.25) is 15.1 Å². The van der Waals surface area contributed by atoms with Gasteiger partial charge in [-0.15, -0.1) is 0 Å². The van der Waals surface area contributed by atoms with Gasteiger partial charge in [0.1, 0.15) is 35.6 Å². The molecule has 6 aliphatic carbocycles. The van der Waals surface area contributed by atoms with Crippen molar-refractivity contribution in [2.45, 2.75) is 265 Å². The van der Waals surface area contributed by atoms with Crippen LogP contribution in [0.4, 0.5) is 17.1 Å². The highest BCUT2D eigenvalue weighted by Gasteiger charge is 2.53. The lowest BCUT2D eigenvalue weighted by atomic mass is 9.64. The highest BCUT2D eigenvalue weighted by atomic mass is 35.5. The number of hydrogen-bond acceptors (Lipinski definition) is 24. The van der Waals surface area contributed by atoms with E-state index in [0.29, 0.717) is 129 Å². The summed E-state index contributed by atoms with van der Waals surface area (Å²) in [7, 11) is -6.66. The summed E-state index contributed by atoms with van der Waals surface area (Å²) in [5.74, 6) is 2.88. The molecule has 33 heteroatoms. The highest BCUT2D eigenvalue weighted by molar-refractivity contribution is 7.91. The number of carbonyl (C=O) groups excluding carboxylic acids is 3. The Morgan fingerprint density at radius 1 is 0.333 bits per heavy atom. The largest absolute Gasteiger partial charge is 0.490 e. The summed E-state index contributed by atoms with van der Waals surface area (Å²) < 4.78 is 162. The Kier molecular flexibility index (Phi) is 32.5. The molecular weight excluding hydrogens is 1960 g/mol. The average molecular weight is 2100 g/mol. The number of halogens is 3. The van der Waals surface area contributed by atoms with E-state index in [1.807, 2.05) is 75.4 Å². The zero-order valence-electron chi connectivity index (χ0n) is 84.9. The smallest absolute Gasteiger partial charge is 0.264 e. The van der Waals surface area contributed by atoms with Crippen molar-refractivity contribution < 1.29 is 96.5 Å². The van der Waals surface area contributed by atoms with E-state index in [1.165, 1.54) is 33.4 Å². The molecule has 18 atom stereocenters. The van der Waals surface area contributed by atoms with Crippen LogP contribution in [0.3, 0.4) is 0 Å². The Morgan fingerprint density at radius 3 is 0.854 bits per heavy atom. The Balaban J connectivity index is 0.000000137. The molecule has 6 aromatic rings. The molecule has 6 bridgehead atoms. The van der Waals surface area contributed by atoms with Crippen LogP contribution in [0.1, 0.15) is 241 Å². The van der Waals surface area contributed by atoms with Crippen molar-refractivity contribution in [2.24, 2.45) is 71.0 Å². The van der Waals surface area contributed by atoms with E-state index in [2.05, 4.69) is 65.3 Å². The number of aryl methyl sites for hydroxylation is 3. The lowest BCUT2D eigenvalue weighted by molar-refractivity contribution is -0.255. The van der Waals surface area contributed by atoms with Crippen LogP contribution in [0, 0.1) is 71.0 Å². The summed E-state index contributed by atoms with van der Waals surface area (Å²) in [6, 6.07) is 34.8. The van der Waals surface area contributed by atoms with Gasteiger partial charge < -0.3 is 71.5 Å². The van der Waals surface area contributed by atoms with Gasteiger partial charge in [-0.2, -0.15) is 0 Å². The summed E-state index contributed by atoms with van der Waals surface area (Å²) in [5.41, 5.74) is 10.3. The van der Waals surface area contributed by atoms with E-state index < -0.39 is 63.5 Å². The predicted molar refractivity (Wildman–Crippen MR) is 556 cm³/mol. The van der Waals surface area contributed by atoms with Gasteiger partial charge in [0, 0.05) is 126 Å². The number of benzene rings is 6. The van der Waals surface area contributed by atoms with Crippen molar-refractivity contribution in [1.82, 2.24) is 14.2 Å². The van der Waals surface area contributed by atoms with Gasteiger partial charge >= 0.3 is 0 Å². The van der Waals surface area contributed by atoms with Crippen LogP contribution in [0.15, 0.2) is 109 Å². The average Bonchev–Trinajstić information content (AvgIpc) is 1.56. The number of rotatable bonds is 6. The molecule has 6 aromatic carbocycles. The van der Waals surface area contributed by atoms with Crippen LogP contribution in [0.5, 0.6) is 17.2 Å². The minimum Gasteiger partial charge on any atom is -0.490 e. The fraction of sp³-hybridized carbons (Fsp3) is 0.649. The van der Waals surface area contributed by atoms with Crippen LogP contribution in [-0.2, 0) is 108 Å². The molecule has 15 aliphatic rings. The van der Waals surface area contributed by atoms with Gasteiger partial charge in [0.15, 0.2) is 18.9 Å². The Bertz CT molecular complexity index is 5400. The molecule has 786 valence electrons. The van der Waals surface area contributed by atoms with Gasteiger partial charge in [0.2, 0.25) is 30.1 Å². The van der Waals surface area contributed by atoms with Crippen molar-refractivity contribution >= 4 is 99.7 Å². The molecule has 21 rings (SSSR count). The first kappa shape index (κ1) is 105. The number of methoxy groups -OCH3 is 3. The SMILES string of the molecule is COC1COC([C@@H]2CCC[C@H](C)[C@@H](C)S(=O)(=O)NC(=O)c3ccc4c(c3)N(C[C@@H]3CC[C@H]32)C[C@@]2(CCCc3cc(Cl)ccc32)CO4)OC1.COC1COC([C@H]2CCC[C@H](C)[C@@H](C)S(=O)(=O)NC(=O)c3ccc4c(c3)N(C[C@@H]3CC[C@H]32)C[C@@]2(CCCc3cc(Cl)ccc32)CO4)OC1.COC1COC([C@H]2CCC[C@H](C)[C@@H](C)S(=O)(=O)NC(=O)c3ccc4c(c3)N(C[C@@H]3CC[C@H]32)C[C@@]2(CCCc3cc(Cl)ccc32)CO4)OC1. The first-order valence-corrected chi connectivity index (χ1v) is 58.9. The Hall–Kier alpha value is -7.11. The monoisotopic (exact) mass is 2100 g/mol. The van der Waals surface area contributed by atoms with E-state index >= 15 is 0 Å². The third kappa shape index (κ3) is 22.4. The van der Waals surface area contributed by atoms with E-state index in [1.54, 1.807) is 60.3 Å². The third-order valence-corrected chi connectivity index (χ3v) is 42.7. The van der Waals surface area contributed by atoms with Crippen LogP contribution in [-0.4, -0.2) is 216 Å². The van der Waals surface area contributed by atoms with Gasteiger partial charge in [-0.1, -0.05) is 93.0 Å². The molecule has 144 heavy (non-hydrogen) atoms. The summed E-state index contributed by atoms with van der Waals surface area (Å²) >= 11 is 19.4. The summed E-state index contributed by atoms with van der Waals surface area (Å²) in [6.07, 6.45) is 21.8. The summed E-state index contributed by atoms with van der Waals surface area (Å²) in [4.78, 5) is 47.9. The number of sulfonamides is 3. The molecule has 3 saturated carbocycles. The van der Waals surface area contributed by atoms with Crippen molar-refractivity contribution in [3.05, 3.63) is 174 Å². The topological polar surface area (TPSA) is 310 Å². The fourth-order valence-corrected chi connectivity index (χ4v) is 31.1. The van der Waals surface area contributed by atoms with Crippen LogP contribution < -0.4 is 43.1 Å². The van der Waals surface area contributed by atoms with Gasteiger partial charge in [0.05, 0.1) is 92.3 Å². The zero-order chi connectivity index (χ0) is 101. The minimum atomic E-state index is -3.91. The molecule has 9 heterocycles. The molecule has 0 aromatic heterocycles. The van der Waals surface area contributed by atoms with Gasteiger partial charge in [-0.05, 0) is 333 Å². The van der Waals surface area contributed by atoms with Crippen LogP contribution in [0.25, 0.3) is 0 Å². The number of amides is 3. The lowest BCUT2D eigenvalue weighted by Crippen LogP contribution is -2.51. The predicted octanol–water partition coefficient (Wildman–Crippen LogP) is 18.3. The second kappa shape index (κ2) is 44.4. The second-order valence-corrected chi connectivity index (χ2v) is 52.2. The fourth-order valence-electron chi connectivity index (χ4n) is 26.6. The van der Waals surface area contributed by atoms with Crippen molar-refractivity contribution in [1.29, 1.82) is 0 Å². The Morgan fingerprint density at radius 2 is 0.604 bits per heavy atom. The number of ether oxygens (including phenoxy) is 12. The third-order valence-electron chi connectivity index (χ3n) is 36.2. The first-order valence-electron chi connectivity index (χ1n) is 53.1. The van der Waals surface area contributed by atoms with E-state index in [0.717, 1.165) is 225 Å². The molecule has 3 amide bonds. The summed E-state index contributed by atoms with van der Waals surface area (Å²) in [5, 5.41) is 0.0544. The number of hydrogen-bond donors (Lipinski definition) is 3. The molecule has 0 radical (unpaired) electrons. The maximum Gasteiger partial charge on any atom is 0.264 e. The van der Waals surface area contributed by atoms with Gasteiger partial charge in [-0.3, -0.25) is 14.4 Å². The number of anilines is 3. The Labute approximate surface area is 866 Å². The normalized spacial score (nSPS) is 35.3. The minimum absolute atomic E-state index is 0.0711. The van der Waals surface area contributed by atoms with E-state index in [-0.39, 0.29) is 88.9 Å². The molecule has 3 N–H and O–H groups in total. The number of fused-ring (bicyclic) bond motifs is 12. The molecular formula is C111H147Cl3N6O21S3. The van der Waals surface area contributed by atoms with E-state index in [9.17, 15) is 39.6 Å². The van der Waals surface area contributed by atoms with Crippen molar-refractivity contribution in [3.63, 3.8) is 0 Å². The van der Waals surface area contributed by atoms with Crippen molar-refractivity contribution in [3.8, 4) is 17.2 Å². The standard InChI is InChI=1S/3C37H49ClN2O7S/c3*1-23-6-4-8-31(36-45-19-29(44-3)20-46-36)30-12-9-27(30)18-40-21-37(15-5-7-25-16-28(38)11-13-32(25)37)22-47-34-14-10-26(17-33(34)40)35(41)39-48(42,43)24(23)2/h3*10-11,13-14,16-17,23-24,27,29-31,36H,4-9,12,15,18-22H2,1-3H3,(H,39,41)/t23-,24+,27-,29?,30+,31+,36?,37-;2*23-,24+,27-,29?,30+,31-,36?,37-/m000/s1. The number of nitrogens with zero attached hydrogens (tertiary/aromatic N) is 3.